The molecule has 2 saturated heterocycles. The second-order valence-corrected chi connectivity index (χ2v) is 4.58. The molecule has 16 heavy (non-hydrogen) atoms. The summed E-state index contributed by atoms with van der Waals surface area (Å²) in [6, 6.07) is 0. The van der Waals surface area contributed by atoms with Crippen LogP contribution in [0.25, 0.3) is 0 Å². The summed E-state index contributed by atoms with van der Waals surface area (Å²) in [6.45, 7) is 3.06. The Kier molecular flexibility index (Phi) is 3.43. The van der Waals surface area contributed by atoms with E-state index in [9.17, 15) is 9.59 Å². The topological polar surface area (TPSA) is 66.8 Å². The molecule has 0 spiro atoms. The zero-order valence-electron chi connectivity index (χ0n) is 9.22. The van der Waals surface area contributed by atoms with Crippen molar-refractivity contribution in [2.45, 2.75) is 19.3 Å². The van der Waals surface area contributed by atoms with Gasteiger partial charge in [0.1, 0.15) is 0 Å². The zero-order chi connectivity index (χ0) is 11.5. The van der Waals surface area contributed by atoms with Crippen LogP contribution in [0.4, 0.5) is 0 Å². The lowest BCUT2D eigenvalue weighted by Crippen LogP contribution is -2.43. The summed E-state index contributed by atoms with van der Waals surface area (Å²) in [6.07, 6.45) is 1.04. The molecule has 2 aliphatic rings. The lowest BCUT2D eigenvalue weighted by atomic mass is 9.88. The van der Waals surface area contributed by atoms with Gasteiger partial charge in [-0.3, -0.25) is 9.59 Å². The third-order valence-corrected chi connectivity index (χ3v) is 3.46. The first-order valence-corrected chi connectivity index (χ1v) is 5.74. The van der Waals surface area contributed by atoms with E-state index in [1.807, 2.05) is 0 Å². The maximum atomic E-state index is 11.7. The van der Waals surface area contributed by atoms with E-state index in [1.54, 1.807) is 4.90 Å². The van der Waals surface area contributed by atoms with E-state index in [0.717, 1.165) is 32.7 Å². The van der Waals surface area contributed by atoms with Crippen LogP contribution < -0.4 is 0 Å². The number of ether oxygens (including phenoxy) is 1. The van der Waals surface area contributed by atoms with Crippen molar-refractivity contribution >= 4 is 11.9 Å². The lowest BCUT2D eigenvalue weighted by Gasteiger charge is -2.33. The van der Waals surface area contributed by atoms with E-state index in [1.165, 1.54) is 0 Å². The minimum Gasteiger partial charge on any atom is -0.481 e. The summed E-state index contributed by atoms with van der Waals surface area (Å²) in [5.41, 5.74) is 0. The van der Waals surface area contributed by atoms with Gasteiger partial charge < -0.3 is 14.7 Å². The average Bonchev–Trinajstić information content (AvgIpc) is 2.72. The molecule has 90 valence electrons. The number of aliphatic carboxylic acids is 1. The first-order valence-electron chi connectivity index (χ1n) is 5.74. The van der Waals surface area contributed by atoms with Gasteiger partial charge in [0, 0.05) is 32.0 Å². The molecule has 2 heterocycles. The predicted molar refractivity (Wildman–Crippen MR) is 55.9 cm³/mol. The Morgan fingerprint density at radius 3 is 2.75 bits per heavy atom. The van der Waals surface area contributed by atoms with Crippen LogP contribution in [-0.2, 0) is 14.3 Å². The number of carboxylic acids is 1. The van der Waals surface area contributed by atoms with E-state index < -0.39 is 5.97 Å². The predicted octanol–water partition coefficient (Wildman–Crippen LogP) is 0.346. The molecule has 0 unspecified atom stereocenters. The Hall–Kier alpha value is -1.10. The van der Waals surface area contributed by atoms with Gasteiger partial charge in [-0.25, -0.2) is 0 Å². The fourth-order valence-corrected chi connectivity index (χ4v) is 2.46. The highest BCUT2D eigenvalue weighted by atomic mass is 16.5. The third kappa shape index (κ3) is 2.52. The molecule has 5 nitrogen and oxygen atoms in total. The van der Waals surface area contributed by atoms with Gasteiger partial charge in [0.15, 0.2) is 0 Å². The van der Waals surface area contributed by atoms with Gasteiger partial charge in [0.25, 0.3) is 0 Å². The van der Waals surface area contributed by atoms with Crippen LogP contribution >= 0.6 is 0 Å². The van der Waals surface area contributed by atoms with Crippen molar-refractivity contribution in [2.24, 2.45) is 11.8 Å². The Balaban J connectivity index is 1.81. The van der Waals surface area contributed by atoms with Crippen molar-refractivity contribution in [1.82, 2.24) is 4.90 Å². The summed E-state index contributed by atoms with van der Waals surface area (Å²) in [5, 5.41) is 8.52. The Labute approximate surface area is 94.4 Å². The summed E-state index contributed by atoms with van der Waals surface area (Å²) in [7, 11) is 0. The number of hydrogen-bond donors (Lipinski definition) is 1. The maximum absolute atomic E-state index is 11.7. The highest BCUT2D eigenvalue weighted by Crippen LogP contribution is 2.29. The number of carbonyl (C=O) groups is 2. The van der Waals surface area contributed by atoms with Crippen molar-refractivity contribution in [3.05, 3.63) is 0 Å². The van der Waals surface area contributed by atoms with Crippen molar-refractivity contribution in [3.8, 4) is 0 Å². The molecule has 0 aliphatic carbocycles. The molecule has 2 fully saturated rings. The van der Waals surface area contributed by atoms with Gasteiger partial charge in [-0.15, -0.1) is 0 Å². The summed E-state index contributed by atoms with van der Waals surface area (Å²) < 4.78 is 5.39. The van der Waals surface area contributed by atoms with Crippen LogP contribution in [0, 0.1) is 11.8 Å². The van der Waals surface area contributed by atoms with E-state index in [0.29, 0.717) is 11.8 Å². The quantitative estimate of drug-likeness (QED) is 0.755. The normalized spacial score (nSPS) is 28.9. The number of rotatable bonds is 3. The third-order valence-electron chi connectivity index (χ3n) is 3.46. The van der Waals surface area contributed by atoms with Crippen molar-refractivity contribution in [3.63, 3.8) is 0 Å². The number of piperidine rings is 1. The molecule has 0 radical (unpaired) electrons. The standard InChI is InChI=1S/C11H17NO4/c13-10(1-2-11(14)15)12-4-3-8-6-16-7-9(8)5-12/h8-9H,1-7H2,(H,14,15)/t8-,9+/m1/s1. The maximum Gasteiger partial charge on any atom is 0.303 e. The summed E-state index contributed by atoms with van der Waals surface area (Å²) in [4.78, 5) is 23.9. The SMILES string of the molecule is O=C(O)CCC(=O)N1CC[C@@H]2COC[C@@H]2C1. The number of carbonyl (C=O) groups excluding carboxylic acids is 1. The average molecular weight is 227 g/mol. The molecule has 0 aromatic heterocycles. The first-order chi connectivity index (χ1) is 7.66. The fraction of sp³-hybridized carbons (Fsp3) is 0.818. The number of nitrogens with zero attached hydrogens (tertiary/aromatic N) is 1. The van der Waals surface area contributed by atoms with Crippen LogP contribution in [0.5, 0.6) is 0 Å². The van der Waals surface area contributed by atoms with Gasteiger partial charge in [-0.05, 0) is 12.3 Å². The van der Waals surface area contributed by atoms with E-state index >= 15 is 0 Å². The van der Waals surface area contributed by atoms with Crippen molar-refractivity contribution in [2.75, 3.05) is 26.3 Å². The second kappa shape index (κ2) is 4.82. The molecule has 2 aliphatic heterocycles. The molecule has 2 rings (SSSR count). The molecular weight excluding hydrogens is 210 g/mol. The number of likely N-dealkylation sites (tertiary alicyclic amines) is 1. The van der Waals surface area contributed by atoms with Gasteiger partial charge in [0.05, 0.1) is 13.0 Å². The number of fused-ring (bicyclic) bond motifs is 1. The summed E-state index contributed by atoms with van der Waals surface area (Å²) in [5.74, 6) is 0.117. The van der Waals surface area contributed by atoms with E-state index in [-0.39, 0.29) is 18.7 Å². The number of carboxylic acid groups (broad SMARTS) is 1. The molecule has 2 atom stereocenters. The van der Waals surface area contributed by atoms with Gasteiger partial charge >= 0.3 is 5.97 Å². The molecule has 0 saturated carbocycles. The van der Waals surface area contributed by atoms with Gasteiger partial charge in [-0.1, -0.05) is 0 Å². The molecule has 1 amide bonds. The molecule has 0 aromatic carbocycles. The van der Waals surface area contributed by atoms with Crippen LogP contribution in [0.15, 0.2) is 0 Å². The largest absolute Gasteiger partial charge is 0.481 e. The molecule has 0 aromatic rings. The van der Waals surface area contributed by atoms with E-state index in [2.05, 4.69) is 0 Å². The Bertz CT molecular complexity index is 292. The minimum atomic E-state index is -0.910. The Morgan fingerprint density at radius 1 is 1.25 bits per heavy atom. The van der Waals surface area contributed by atoms with Gasteiger partial charge in [-0.2, -0.15) is 0 Å². The molecule has 0 bridgehead atoms. The molecular formula is C11H17NO4. The van der Waals surface area contributed by atoms with Crippen LogP contribution in [0.2, 0.25) is 0 Å². The Morgan fingerprint density at radius 2 is 2.00 bits per heavy atom. The van der Waals surface area contributed by atoms with Crippen LogP contribution in [-0.4, -0.2) is 48.2 Å². The highest BCUT2D eigenvalue weighted by molar-refractivity contribution is 5.80. The van der Waals surface area contributed by atoms with Crippen LogP contribution in [0.1, 0.15) is 19.3 Å². The smallest absolute Gasteiger partial charge is 0.303 e. The number of amides is 1. The monoisotopic (exact) mass is 227 g/mol. The van der Waals surface area contributed by atoms with E-state index in [4.69, 9.17) is 9.84 Å². The van der Waals surface area contributed by atoms with Crippen molar-refractivity contribution < 1.29 is 19.4 Å². The minimum absolute atomic E-state index is 0.0345. The molecule has 1 N–H and O–H groups in total. The number of hydrogen-bond acceptors (Lipinski definition) is 3. The first kappa shape index (κ1) is 11.4. The second-order valence-electron chi connectivity index (χ2n) is 4.58. The van der Waals surface area contributed by atoms with Crippen LogP contribution in [0.3, 0.4) is 0 Å². The molecule has 5 heteroatoms. The fourth-order valence-electron chi connectivity index (χ4n) is 2.46. The zero-order valence-corrected chi connectivity index (χ0v) is 9.22. The summed E-state index contributed by atoms with van der Waals surface area (Å²) >= 11 is 0. The lowest BCUT2D eigenvalue weighted by molar-refractivity contribution is -0.141. The van der Waals surface area contributed by atoms with Gasteiger partial charge in [0.2, 0.25) is 5.91 Å². The van der Waals surface area contributed by atoms with Crippen molar-refractivity contribution in [1.29, 1.82) is 0 Å². The highest BCUT2D eigenvalue weighted by Gasteiger charge is 2.35.